The van der Waals surface area contributed by atoms with Gasteiger partial charge >= 0.3 is 0 Å². The maximum absolute atomic E-state index is 11.6. The van der Waals surface area contributed by atoms with Gasteiger partial charge in [-0.05, 0) is 63.1 Å². The van der Waals surface area contributed by atoms with Gasteiger partial charge in [0.05, 0.1) is 33.5 Å². The van der Waals surface area contributed by atoms with Crippen LogP contribution in [-0.4, -0.2) is 79.7 Å². The first-order chi connectivity index (χ1) is 29.1. The van der Waals surface area contributed by atoms with E-state index >= 15 is 0 Å². The molecule has 0 amide bonds. The normalized spacial score (nSPS) is 21.4. The van der Waals surface area contributed by atoms with E-state index in [0.29, 0.717) is 31.1 Å². The first kappa shape index (κ1) is 41.1. The maximum atomic E-state index is 11.6. The van der Waals surface area contributed by atoms with Crippen molar-refractivity contribution in [3.63, 3.8) is 0 Å². The molecule has 0 saturated carbocycles. The zero-order valence-corrected chi connectivity index (χ0v) is 34.8. The van der Waals surface area contributed by atoms with Gasteiger partial charge in [0, 0.05) is 13.0 Å². The predicted molar refractivity (Wildman–Crippen MR) is 234 cm³/mol. The summed E-state index contributed by atoms with van der Waals surface area (Å²) in [6.07, 6.45) is -0.181. The maximum Gasteiger partial charge on any atom is 0.266 e. The summed E-state index contributed by atoms with van der Waals surface area (Å²) in [7, 11) is 3.30. The fourth-order valence-electron chi connectivity index (χ4n) is 8.00. The van der Waals surface area contributed by atoms with Gasteiger partial charge in [0.1, 0.15) is 42.4 Å². The third-order valence-electron chi connectivity index (χ3n) is 11.4. The van der Waals surface area contributed by atoms with Crippen molar-refractivity contribution in [2.45, 2.75) is 75.6 Å². The molecule has 3 aliphatic heterocycles. The number of benzene rings is 5. The lowest BCUT2D eigenvalue weighted by molar-refractivity contribution is -0.0989. The highest BCUT2D eigenvalue weighted by Gasteiger charge is 2.50. The number of nitrogens with zero attached hydrogens (tertiary/aromatic N) is 4. The SMILES string of the molecule is COc1ccc(C(OC[C@H]2O[C@@H](N3CN=C4C3=NC=NC4(NCc3ccc(C(C)(C)C)cc3)OCc3ccccc3)C[C@@H]2O)(c2ccccc2)c2ccc(OC)cc2)cc1. The van der Waals surface area contributed by atoms with E-state index in [-0.39, 0.29) is 18.7 Å². The van der Waals surface area contributed by atoms with Gasteiger partial charge in [-0.25, -0.2) is 9.98 Å². The Hall–Kier alpha value is -5.69. The van der Waals surface area contributed by atoms with Gasteiger partial charge in [-0.3, -0.25) is 10.3 Å². The summed E-state index contributed by atoms with van der Waals surface area (Å²) >= 11 is 0. The second-order valence-corrected chi connectivity index (χ2v) is 16.3. The van der Waals surface area contributed by atoms with Gasteiger partial charge in [-0.15, -0.1) is 0 Å². The van der Waals surface area contributed by atoms with E-state index in [4.69, 9.17) is 38.7 Å². The van der Waals surface area contributed by atoms with Crippen molar-refractivity contribution in [2.24, 2.45) is 15.0 Å². The molecule has 0 spiro atoms. The second kappa shape index (κ2) is 17.5. The van der Waals surface area contributed by atoms with Crippen LogP contribution in [0.3, 0.4) is 0 Å². The van der Waals surface area contributed by atoms with E-state index in [9.17, 15) is 5.11 Å². The molecule has 0 bridgehead atoms. The van der Waals surface area contributed by atoms with Crippen molar-refractivity contribution in [2.75, 3.05) is 27.5 Å². The summed E-state index contributed by atoms with van der Waals surface area (Å²) in [4.78, 5) is 16.5. The molecule has 1 unspecified atom stereocenters. The number of fused-ring (bicyclic) bond motifs is 1. The predicted octanol–water partition coefficient (Wildman–Crippen LogP) is 7.60. The number of aliphatic hydroxyl groups is 1. The second-order valence-electron chi connectivity index (χ2n) is 16.3. The van der Waals surface area contributed by atoms with Crippen LogP contribution in [0.25, 0.3) is 0 Å². The first-order valence-electron chi connectivity index (χ1n) is 20.4. The van der Waals surface area contributed by atoms with Crippen molar-refractivity contribution < 1.29 is 28.8 Å². The zero-order valence-electron chi connectivity index (χ0n) is 34.8. The number of amidine groups is 1. The molecule has 3 aliphatic rings. The van der Waals surface area contributed by atoms with E-state index < -0.39 is 29.9 Å². The molecule has 5 aromatic carbocycles. The average molecular weight is 808 g/mol. The van der Waals surface area contributed by atoms with Crippen molar-refractivity contribution in [3.05, 3.63) is 167 Å². The molecule has 11 heteroatoms. The standard InChI is InChI=1S/C49H53N5O6/c1-47(2,3)36-18-16-34(17-19-36)29-52-49(59-30-35-12-8-6-9-13-35)45-46(50-32-53-49)54(33-51-45)44-28-42(55)43(60-44)31-58-48(37-14-10-7-11-15-37,38-20-24-40(56-4)25-21-38)39-22-26-41(57-5)27-23-39/h6-27,32,42-44,52,55H,28-31,33H2,1-5H3/t42-,43+,44+,49?/m0/s1. The smallest absolute Gasteiger partial charge is 0.266 e. The molecule has 4 atom stereocenters. The Kier molecular flexibility index (Phi) is 12.0. The third-order valence-corrected chi connectivity index (χ3v) is 11.4. The third kappa shape index (κ3) is 8.37. The lowest BCUT2D eigenvalue weighted by Crippen LogP contribution is -2.58. The molecular weight excluding hydrogens is 755 g/mol. The number of aliphatic imine (C=N–C) groups is 3. The summed E-state index contributed by atoms with van der Waals surface area (Å²) < 4.78 is 31.5. The summed E-state index contributed by atoms with van der Waals surface area (Å²) in [5.41, 5.74) is 5.59. The summed E-state index contributed by atoms with van der Waals surface area (Å²) in [6.45, 7) is 7.74. The van der Waals surface area contributed by atoms with Gasteiger partial charge in [0.2, 0.25) is 0 Å². The van der Waals surface area contributed by atoms with Crippen LogP contribution in [0.15, 0.2) is 148 Å². The summed E-state index contributed by atoms with van der Waals surface area (Å²) in [5.74, 6) is 0.739. The highest BCUT2D eigenvalue weighted by atomic mass is 16.6. The molecule has 0 radical (unpaired) electrons. The fourth-order valence-corrected chi connectivity index (χ4v) is 8.00. The van der Waals surface area contributed by atoms with E-state index in [0.717, 1.165) is 39.3 Å². The molecule has 60 heavy (non-hydrogen) atoms. The van der Waals surface area contributed by atoms with Gasteiger partial charge in [0.25, 0.3) is 5.85 Å². The number of hydrogen-bond acceptors (Lipinski definition) is 11. The number of rotatable bonds is 15. The van der Waals surface area contributed by atoms with Gasteiger partial charge in [0.15, 0.2) is 11.5 Å². The highest BCUT2D eigenvalue weighted by molar-refractivity contribution is 6.47. The molecule has 1 saturated heterocycles. The van der Waals surface area contributed by atoms with Crippen LogP contribution in [0.5, 0.6) is 11.5 Å². The lowest BCUT2D eigenvalue weighted by Gasteiger charge is -2.37. The van der Waals surface area contributed by atoms with E-state index in [1.54, 1.807) is 14.2 Å². The molecule has 11 nitrogen and oxygen atoms in total. The molecular formula is C49H53N5O6. The van der Waals surface area contributed by atoms with E-state index in [1.807, 2.05) is 102 Å². The first-order valence-corrected chi connectivity index (χ1v) is 20.4. The Labute approximate surface area is 352 Å². The number of aliphatic hydroxyl groups excluding tert-OH is 1. The van der Waals surface area contributed by atoms with E-state index in [2.05, 4.69) is 62.5 Å². The number of nitrogens with one attached hydrogen (secondary N) is 1. The molecule has 8 rings (SSSR count). The van der Waals surface area contributed by atoms with Crippen molar-refractivity contribution in [1.82, 2.24) is 10.2 Å². The largest absolute Gasteiger partial charge is 0.497 e. The Morgan fingerprint density at radius 2 is 1.33 bits per heavy atom. The highest BCUT2D eigenvalue weighted by Crippen LogP contribution is 2.43. The van der Waals surface area contributed by atoms with Crippen molar-refractivity contribution in [1.29, 1.82) is 0 Å². The molecule has 310 valence electrons. The van der Waals surface area contributed by atoms with Crippen molar-refractivity contribution in [3.8, 4) is 11.5 Å². The quantitative estimate of drug-likeness (QED) is 0.0821. The molecule has 3 heterocycles. The van der Waals surface area contributed by atoms with Crippen LogP contribution in [0.2, 0.25) is 0 Å². The van der Waals surface area contributed by atoms with Gasteiger partial charge in [-0.2, -0.15) is 0 Å². The minimum atomic E-state index is -1.31. The van der Waals surface area contributed by atoms with Crippen LogP contribution in [0.1, 0.15) is 60.6 Å². The zero-order chi connectivity index (χ0) is 41.7. The minimum Gasteiger partial charge on any atom is -0.497 e. The lowest BCUT2D eigenvalue weighted by atomic mass is 9.80. The topological polar surface area (TPSA) is 119 Å². The Balaban J connectivity index is 1.04. The van der Waals surface area contributed by atoms with Crippen LogP contribution in [0, 0.1) is 0 Å². The molecule has 0 aliphatic carbocycles. The minimum absolute atomic E-state index is 0.0478. The Morgan fingerprint density at radius 1 is 0.750 bits per heavy atom. The number of hydrogen-bond donors (Lipinski definition) is 2. The number of methoxy groups -OCH3 is 2. The summed E-state index contributed by atoms with van der Waals surface area (Å²) in [5, 5.41) is 15.2. The van der Waals surface area contributed by atoms with Gasteiger partial charge in [-0.1, -0.05) is 130 Å². The monoisotopic (exact) mass is 807 g/mol. The Bertz CT molecular complexity index is 2250. The number of ether oxygens (including phenoxy) is 5. The molecule has 1 fully saturated rings. The van der Waals surface area contributed by atoms with Gasteiger partial charge < -0.3 is 33.7 Å². The van der Waals surface area contributed by atoms with Crippen LogP contribution >= 0.6 is 0 Å². The summed E-state index contributed by atoms with van der Waals surface area (Å²) in [6, 6.07) is 44.4. The van der Waals surface area contributed by atoms with Crippen molar-refractivity contribution >= 4 is 17.9 Å². The van der Waals surface area contributed by atoms with Crippen LogP contribution in [-0.2, 0) is 38.4 Å². The average Bonchev–Trinajstić information content (AvgIpc) is 3.90. The molecule has 5 aromatic rings. The Morgan fingerprint density at radius 3 is 1.93 bits per heavy atom. The fraction of sp³-hybridized carbons (Fsp3) is 0.327. The van der Waals surface area contributed by atoms with E-state index in [1.165, 1.54) is 11.9 Å². The molecule has 0 aromatic heterocycles. The van der Waals surface area contributed by atoms with Crippen LogP contribution < -0.4 is 14.8 Å². The molecule has 2 N–H and O–H groups in total. The van der Waals surface area contributed by atoms with Crippen LogP contribution in [0.4, 0.5) is 0 Å².